The van der Waals surface area contributed by atoms with Crippen LogP contribution in [0, 0.1) is 0 Å². The van der Waals surface area contributed by atoms with E-state index in [0.29, 0.717) is 18.5 Å². The Bertz CT molecular complexity index is 442. The van der Waals surface area contributed by atoms with Gasteiger partial charge in [-0.1, -0.05) is 13.8 Å². The molecule has 4 nitrogen and oxygen atoms in total. The van der Waals surface area contributed by atoms with Gasteiger partial charge in [-0.3, -0.25) is 0 Å². The highest BCUT2D eigenvalue weighted by molar-refractivity contribution is 5.44. The van der Waals surface area contributed by atoms with E-state index < -0.39 is 0 Å². The Morgan fingerprint density at radius 2 is 2.15 bits per heavy atom. The molecule has 4 heteroatoms. The van der Waals surface area contributed by atoms with E-state index in [1.807, 2.05) is 0 Å². The van der Waals surface area contributed by atoms with Crippen LogP contribution in [0.5, 0.6) is 0 Å². The summed E-state index contributed by atoms with van der Waals surface area (Å²) in [5, 5.41) is 0. The van der Waals surface area contributed by atoms with Gasteiger partial charge in [0.15, 0.2) is 0 Å². The van der Waals surface area contributed by atoms with Gasteiger partial charge in [-0.25, -0.2) is 4.98 Å². The molecule has 1 aliphatic heterocycles. The quantitative estimate of drug-likeness (QED) is 0.915. The van der Waals surface area contributed by atoms with E-state index in [1.54, 1.807) is 0 Å². The van der Waals surface area contributed by atoms with Crippen LogP contribution in [0.3, 0.4) is 0 Å². The Kier molecular flexibility index (Phi) is 5.00. The fourth-order valence-corrected chi connectivity index (χ4v) is 2.75. The van der Waals surface area contributed by atoms with Crippen LogP contribution in [0.4, 0.5) is 5.82 Å². The van der Waals surface area contributed by atoms with Crippen molar-refractivity contribution in [3.8, 4) is 0 Å². The normalized spacial score (nSPS) is 19.9. The van der Waals surface area contributed by atoms with E-state index in [1.165, 1.54) is 18.4 Å². The third-order valence-electron chi connectivity index (χ3n) is 4.17. The molecule has 1 aromatic heterocycles. The second-order valence-electron chi connectivity index (χ2n) is 6.32. The molecule has 0 radical (unpaired) electrons. The van der Waals surface area contributed by atoms with E-state index >= 15 is 0 Å². The summed E-state index contributed by atoms with van der Waals surface area (Å²) in [6.45, 7) is 7.12. The lowest BCUT2D eigenvalue weighted by Gasteiger charge is -2.37. The Morgan fingerprint density at radius 1 is 1.40 bits per heavy atom. The highest BCUT2D eigenvalue weighted by Crippen LogP contribution is 2.24. The molecule has 20 heavy (non-hydrogen) atoms. The number of nitrogens with zero attached hydrogens (tertiary/aromatic N) is 3. The molecule has 1 aromatic rings. The lowest BCUT2D eigenvalue weighted by Crippen LogP contribution is -2.45. The van der Waals surface area contributed by atoms with Crippen molar-refractivity contribution in [2.45, 2.75) is 45.2 Å². The molecule has 1 aliphatic rings. The number of anilines is 1. The summed E-state index contributed by atoms with van der Waals surface area (Å²) in [7, 11) is 4.33. The van der Waals surface area contributed by atoms with Crippen LogP contribution < -0.4 is 10.6 Å². The van der Waals surface area contributed by atoms with Crippen LogP contribution >= 0.6 is 0 Å². The van der Waals surface area contributed by atoms with Crippen LogP contribution in [-0.2, 0) is 6.54 Å². The predicted molar refractivity (Wildman–Crippen MR) is 85.1 cm³/mol. The number of hydrogen-bond acceptors (Lipinski definition) is 4. The van der Waals surface area contributed by atoms with E-state index in [9.17, 15) is 0 Å². The van der Waals surface area contributed by atoms with Gasteiger partial charge in [-0.2, -0.15) is 0 Å². The summed E-state index contributed by atoms with van der Waals surface area (Å²) < 4.78 is 0. The fourth-order valence-electron chi connectivity index (χ4n) is 2.75. The first-order valence-electron chi connectivity index (χ1n) is 7.63. The zero-order valence-electron chi connectivity index (χ0n) is 13.3. The SMILES string of the molecule is CC(C)c1cc(CN)cc(N2CCCC(N(C)C)C2)n1. The van der Waals surface area contributed by atoms with Crippen LogP contribution in [0.15, 0.2) is 12.1 Å². The van der Waals surface area contributed by atoms with Crippen molar-refractivity contribution in [2.24, 2.45) is 5.73 Å². The van der Waals surface area contributed by atoms with Crippen molar-refractivity contribution in [1.29, 1.82) is 0 Å². The van der Waals surface area contributed by atoms with Crippen molar-refractivity contribution >= 4 is 5.82 Å². The van der Waals surface area contributed by atoms with Crippen molar-refractivity contribution in [2.75, 3.05) is 32.1 Å². The number of rotatable bonds is 4. The fraction of sp³-hybridized carbons (Fsp3) is 0.688. The van der Waals surface area contributed by atoms with Crippen molar-refractivity contribution in [3.63, 3.8) is 0 Å². The molecule has 1 unspecified atom stereocenters. The Morgan fingerprint density at radius 3 is 2.75 bits per heavy atom. The van der Waals surface area contributed by atoms with Gasteiger partial charge in [-0.05, 0) is 50.6 Å². The van der Waals surface area contributed by atoms with Gasteiger partial charge >= 0.3 is 0 Å². The van der Waals surface area contributed by atoms with E-state index in [4.69, 9.17) is 10.7 Å². The molecule has 0 amide bonds. The average Bonchev–Trinajstić information content (AvgIpc) is 2.46. The smallest absolute Gasteiger partial charge is 0.129 e. The van der Waals surface area contributed by atoms with Crippen molar-refractivity contribution in [3.05, 3.63) is 23.4 Å². The van der Waals surface area contributed by atoms with Crippen molar-refractivity contribution < 1.29 is 0 Å². The summed E-state index contributed by atoms with van der Waals surface area (Å²) >= 11 is 0. The molecule has 2 heterocycles. The highest BCUT2D eigenvalue weighted by atomic mass is 15.2. The maximum Gasteiger partial charge on any atom is 0.129 e. The minimum absolute atomic E-state index is 0.440. The molecule has 112 valence electrons. The number of aromatic nitrogens is 1. The third kappa shape index (κ3) is 3.49. The second-order valence-corrected chi connectivity index (χ2v) is 6.32. The highest BCUT2D eigenvalue weighted by Gasteiger charge is 2.23. The van der Waals surface area contributed by atoms with E-state index in [-0.39, 0.29) is 0 Å². The number of piperidine rings is 1. The first-order chi connectivity index (χ1) is 9.51. The number of nitrogens with two attached hydrogens (primary N) is 1. The zero-order chi connectivity index (χ0) is 14.7. The van der Waals surface area contributed by atoms with Gasteiger partial charge in [0, 0.05) is 31.4 Å². The molecule has 2 rings (SSSR count). The number of likely N-dealkylation sites (N-methyl/N-ethyl adjacent to an activating group) is 1. The minimum atomic E-state index is 0.440. The van der Waals surface area contributed by atoms with Crippen LogP contribution in [-0.4, -0.2) is 43.1 Å². The molecular formula is C16H28N4. The summed E-state index contributed by atoms with van der Waals surface area (Å²) in [5.74, 6) is 1.54. The molecule has 1 fully saturated rings. The van der Waals surface area contributed by atoms with Crippen molar-refractivity contribution in [1.82, 2.24) is 9.88 Å². The predicted octanol–water partition coefficient (Wildman–Crippen LogP) is 2.19. The monoisotopic (exact) mass is 276 g/mol. The molecule has 0 bridgehead atoms. The molecule has 1 atom stereocenters. The largest absolute Gasteiger partial charge is 0.355 e. The summed E-state index contributed by atoms with van der Waals surface area (Å²) in [5.41, 5.74) is 8.17. The topological polar surface area (TPSA) is 45.4 Å². The number of hydrogen-bond donors (Lipinski definition) is 1. The molecule has 0 spiro atoms. The summed E-state index contributed by atoms with van der Waals surface area (Å²) in [6, 6.07) is 4.92. The number of pyridine rings is 1. The zero-order valence-corrected chi connectivity index (χ0v) is 13.3. The third-order valence-corrected chi connectivity index (χ3v) is 4.17. The molecule has 0 saturated carbocycles. The van der Waals surface area contributed by atoms with E-state index in [2.05, 4.69) is 49.9 Å². The average molecular weight is 276 g/mol. The maximum absolute atomic E-state index is 5.84. The molecular weight excluding hydrogens is 248 g/mol. The summed E-state index contributed by atoms with van der Waals surface area (Å²) in [4.78, 5) is 9.59. The van der Waals surface area contributed by atoms with Gasteiger partial charge in [0.2, 0.25) is 0 Å². The molecule has 2 N–H and O–H groups in total. The minimum Gasteiger partial charge on any atom is -0.355 e. The van der Waals surface area contributed by atoms with E-state index in [0.717, 1.165) is 24.6 Å². The Labute approximate surface area is 123 Å². The van der Waals surface area contributed by atoms with Gasteiger partial charge in [0.1, 0.15) is 5.82 Å². The molecule has 0 aromatic carbocycles. The maximum atomic E-state index is 5.84. The first-order valence-corrected chi connectivity index (χ1v) is 7.63. The summed E-state index contributed by atoms with van der Waals surface area (Å²) in [6.07, 6.45) is 2.51. The van der Waals surface area contributed by atoms with Crippen LogP contribution in [0.1, 0.15) is 43.9 Å². The lowest BCUT2D eigenvalue weighted by molar-refractivity contribution is 0.257. The van der Waals surface area contributed by atoms with Gasteiger partial charge < -0.3 is 15.5 Å². The Hall–Kier alpha value is -1.13. The lowest BCUT2D eigenvalue weighted by atomic mass is 10.0. The second kappa shape index (κ2) is 6.55. The van der Waals surface area contributed by atoms with Gasteiger partial charge in [-0.15, -0.1) is 0 Å². The standard InChI is InChI=1S/C16H28N4/c1-12(2)15-8-13(10-17)9-16(18-15)20-7-5-6-14(11-20)19(3)4/h8-9,12,14H,5-7,10-11,17H2,1-4H3. The van der Waals surface area contributed by atoms with Crippen LogP contribution in [0.25, 0.3) is 0 Å². The Balaban J connectivity index is 2.24. The first kappa shape index (κ1) is 15.3. The van der Waals surface area contributed by atoms with Gasteiger partial charge in [0.25, 0.3) is 0 Å². The van der Waals surface area contributed by atoms with Gasteiger partial charge in [0.05, 0.1) is 0 Å². The van der Waals surface area contributed by atoms with Crippen LogP contribution in [0.2, 0.25) is 0 Å². The molecule has 0 aliphatic carbocycles. The molecule has 1 saturated heterocycles.